The van der Waals surface area contributed by atoms with Gasteiger partial charge in [0.2, 0.25) is 11.8 Å². The highest BCUT2D eigenvalue weighted by molar-refractivity contribution is 6.03. The third kappa shape index (κ3) is 4.65. The molecule has 1 aromatic carbocycles. The highest BCUT2D eigenvalue weighted by Gasteiger charge is 2.30. The fourth-order valence-electron chi connectivity index (χ4n) is 2.92. The van der Waals surface area contributed by atoms with Crippen molar-refractivity contribution in [2.45, 2.75) is 52.0 Å². The summed E-state index contributed by atoms with van der Waals surface area (Å²) in [5, 5.41) is 5.34. The normalized spacial score (nSPS) is 18.0. The number of hydrogen-bond acceptors (Lipinski definition) is 3. The average molecular weight is 316 g/mol. The van der Waals surface area contributed by atoms with E-state index in [4.69, 9.17) is 0 Å². The highest BCUT2D eigenvalue weighted by atomic mass is 16.2. The van der Waals surface area contributed by atoms with Crippen molar-refractivity contribution < 1.29 is 14.4 Å². The molecule has 0 unspecified atom stereocenters. The summed E-state index contributed by atoms with van der Waals surface area (Å²) in [6.45, 7) is 6.11. The molecule has 5 nitrogen and oxygen atoms in total. The number of carbonyl (C=O) groups is 3. The van der Waals surface area contributed by atoms with E-state index in [-0.39, 0.29) is 35.6 Å². The Morgan fingerprint density at radius 1 is 1.26 bits per heavy atom. The number of hydrogen-bond donors (Lipinski definition) is 2. The predicted molar refractivity (Wildman–Crippen MR) is 87.9 cm³/mol. The molecule has 1 heterocycles. The molecule has 2 rings (SSSR count). The molecule has 1 fully saturated rings. The van der Waals surface area contributed by atoms with Crippen LogP contribution in [0.4, 0.5) is 0 Å². The standard InChI is InChI=1S/C18H24N2O3/c1-4-9-18(2,3)20-17(23)13-7-5-12(6-8-13)10-14-11-15(21)19-16(14)22/h5-8,14H,4,9-11H2,1-3H3,(H,20,23)(H,19,21,22)/t14-/m0/s1. The summed E-state index contributed by atoms with van der Waals surface area (Å²) < 4.78 is 0. The second-order valence-electron chi connectivity index (χ2n) is 6.80. The largest absolute Gasteiger partial charge is 0.347 e. The Hall–Kier alpha value is -2.17. The second-order valence-corrected chi connectivity index (χ2v) is 6.80. The molecule has 1 aliphatic heterocycles. The third-order valence-corrected chi connectivity index (χ3v) is 4.09. The first-order chi connectivity index (χ1) is 10.8. The second kappa shape index (κ2) is 6.94. The van der Waals surface area contributed by atoms with Gasteiger partial charge in [-0.1, -0.05) is 25.5 Å². The Balaban J connectivity index is 1.98. The molecule has 124 valence electrons. The molecule has 1 saturated heterocycles. The lowest BCUT2D eigenvalue weighted by Gasteiger charge is -2.25. The van der Waals surface area contributed by atoms with Gasteiger partial charge >= 0.3 is 0 Å². The van der Waals surface area contributed by atoms with Crippen molar-refractivity contribution in [3.05, 3.63) is 35.4 Å². The van der Waals surface area contributed by atoms with Crippen LogP contribution in [0.3, 0.4) is 0 Å². The zero-order chi connectivity index (χ0) is 17.0. The van der Waals surface area contributed by atoms with Crippen LogP contribution in [-0.4, -0.2) is 23.3 Å². The average Bonchev–Trinajstić information content (AvgIpc) is 2.77. The molecular weight excluding hydrogens is 292 g/mol. The summed E-state index contributed by atoms with van der Waals surface area (Å²) in [5.74, 6) is -0.818. The van der Waals surface area contributed by atoms with Gasteiger partial charge in [-0.15, -0.1) is 0 Å². The van der Waals surface area contributed by atoms with E-state index in [0.717, 1.165) is 18.4 Å². The van der Waals surface area contributed by atoms with Crippen molar-refractivity contribution >= 4 is 17.7 Å². The summed E-state index contributed by atoms with van der Waals surface area (Å²) >= 11 is 0. The third-order valence-electron chi connectivity index (χ3n) is 4.09. The van der Waals surface area contributed by atoms with Gasteiger partial charge in [-0.3, -0.25) is 19.7 Å². The van der Waals surface area contributed by atoms with Crippen LogP contribution in [-0.2, 0) is 16.0 Å². The first-order valence-electron chi connectivity index (χ1n) is 8.06. The van der Waals surface area contributed by atoms with Crippen LogP contribution >= 0.6 is 0 Å². The molecule has 0 aliphatic carbocycles. The van der Waals surface area contributed by atoms with Gasteiger partial charge in [-0.05, 0) is 44.4 Å². The molecule has 0 bridgehead atoms. The summed E-state index contributed by atoms with van der Waals surface area (Å²) in [7, 11) is 0. The number of carbonyl (C=O) groups excluding carboxylic acids is 3. The molecule has 0 saturated carbocycles. The fraction of sp³-hybridized carbons (Fsp3) is 0.500. The minimum Gasteiger partial charge on any atom is -0.347 e. The number of rotatable bonds is 6. The maximum atomic E-state index is 12.3. The Bertz CT molecular complexity index is 605. The van der Waals surface area contributed by atoms with Gasteiger partial charge in [0.25, 0.3) is 5.91 Å². The molecule has 0 aromatic heterocycles. The van der Waals surface area contributed by atoms with Crippen LogP contribution < -0.4 is 10.6 Å². The lowest BCUT2D eigenvalue weighted by atomic mass is 9.96. The van der Waals surface area contributed by atoms with Crippen molar-refractivity contribution in [1.82, 2.24) is 10.6 Å². The van der Waals surface area contributed by atoms with Crippen molar-refractivity contribution in [1.29, 1.82) is 0 Å². The Kier molecular flexibility index (Phi) is 5.19. The maximum absolute atomic E-state index is 12.3. The van der Waals surface area contributed by atoms with E-state index in [2.05, 4.69) is 17.6 Å². The Morgan fingerprint density at radius 2 is 1.91 bits per heavy atom. The zero-order valence-corrected chi connectivity index (χ0v) is 13.9. The van der Waals surface area contributed by atoms with Crippen molar-refractivity contribution in [2.24, 2.45) is 5.92 Å². The number of nitrogens with one attached hydrogen (secondary N) is 2. The van der Waals surface area contributed by atoms with Crippen molar-refractivity contribution in [2.75, 3.05) is 0 Å². The summed E-state index contributed by atoms with van der Waals surface area (Å²) in [4.78, 5) is 35.1. The quantitative estimate of drug-likeness (QED) is 0.790. The molecular formula is C18H24N2O3. The predicted octanol–water partition coefficient (Wildman–Crippen LogP) is 2.20. The smallest absolute Gasteiger partial charge is 0.251 e. The van der Waals surface area contributed by atoms with E-state index in [1.54, 1.807) is 12.1 Å². The molecule has 1 aliphatic rings. The van der Waals surface area contributed by atoms with Crippen LogP contribution in [0.5, 0.6) is 0 Å². The van der Waals surface area contributed by atoms with Crippen LogP contribution in [0.2, 0.25) is 0 Å². The Morgan fingerprint density at radius 3 is 2.43 bits per heavy atom. The SMILES string of the molecule is CCCC(C)(C)NC(=O)c1ccc(C[C@H]2CC(=O)NC2=O)cc1. The van der Waals surface area contributed by atoms with Gasteiger partial charge in [-0.25, -0.2) is 0 Å². The molecule has 5 heteroatoms. The number of imide groups is 1. The number of amides is 3. The van der Waals surface area contributed by atoms with E-state index < -0.39 is 0 Å². The van der Waals surface area contributed by atoms with E-state index in [0.29, 0.717) is 12.0 Å². The molecule has 2 N–H and O–H groups in total. The van der Waals surface area contributed by atoms with Crippen LogP contribution in [0.25, 0.3) is 0 Å². The van der Waals surface area contributed by atoms with Crippen LogP contribution in [0.1, 0.15) is 56.0 Å². The topological polar surface area (TPSA) is 75.3 Å². The van der Waals surface area contributed by atoms with Gasteiger partial charge in [0, 0.05) is 17.5 Å². The summed E-state index contributed by atoms with van der Waals surface area (Å²) in [6, 6.07) is 7.22. The van der Waals surface area contributed by atoms with Gasteiger partial charge in [0.1, 0.15) is 0 Å². The monoisotopic (exact) mass is 316 g/mol. The minimum absolute atomic E-state index is 0.0937. The molecule has 1 aromatic rings. The van der Waals surface area contributed by atoms with Gasteiger partial charge in [0.05, 0.1) is 5.92 Å². The van der Waals surface area contributed by atoms with Gasteiger partial charge in [0.15, 0.2) is 0 Å². The molecule has 3 amide bonds. The van der Waals surface area contributed by atoms with Crippen LogP contribution in [0, 0.1) is 5.92 Å². The van der Waals surface area contributed by atoms with Gasteiger partial charge in [-0.2, -0.15) is 0 Å². The zero-order valence-electron chi connectivity index (χ0n) is 13.9. The summed E-state index contributed by atoms with van der Waals surface area (Å²) in [6.07, 6.45) is 2.68. The molecule has 0 radical (unpaired) electrons. The first-order valence-corrected chi connectivity index (χ1v) is 8.06. The lowest BCUT2D eigenvalue weighted by Crippen LogP contribution is -2.43. The van der Waals surface area contributed by atoms with E-state index in [9.17, 15) is 14.4 Å². The lowest BCUT2D eigenvalue weighted by molar-refractivity contribution is -0.125. The number of benzene rings is 1. The molecule has 23 heavy (non-hydrogen) atoms. The fourth-order valence-corrected chi connectivity index (χ4v) is 2.92. The first kappa shape index (κ1) is 17.2. The Labute approximate surface area is 136 Å². The van der Waals surface area contributed by atoms with E-state index >= 15 is 0 Å². The maximum Gasteiger partial charge on any atom is 0.251 e. The minimum atomic E-state index is -0.300. The van der Waals surface area contributed by atoms with Crippen molar-refractivity contribution in [3.8, 4) is 0 Å². The van der Waals surface area contributed by atoms with E-state index in [1.807, 2.05) is 26.0 Å². The highest BCUT2D eigenvalue weighted by Crippen LogP contribution is 2.18. The van der Waals surface area contributed by atoms with Crippen LogP contribution in [0.15, 0.2) is 24.3 Å². The molecule has 1 atom stereocenters. The van der Waals surface area contributed by atoms with E-state index in [1.165, 1.54) is 0 Å². The van der Waals surface area contributed by atoms with Gasteiger partial charge < -0.3 is 5.32 Å². The summed E-state index contributed by atoms with van der Waals surface area (Å²) in [5.41, 5.74) is 1.32. The van der Waals surface area contributed by atoms with Crippen molar-refractivity contribution in [3.63, 3.8) is 0 Å². The molecule has 0 spiro atoms.